The van der Waals surface area contributed by atoms with Crippen molar-refractivity contribution >= 4 is 5.69 Å². The topological polar surface area (TPSA) is 15.3 Å². The number of rotatable bonds is 2. The van der Waals surface area contributed by atoms with Crippen molar-refractivity contribution in [2.75, 3.05) is 24.5 Å². The lowest BCUT2D eigenvalue weighted by atomic mass is 10.1. The predicted molar refractivity (Wildman–Crippen MR) is 65.5 cm³/mol. The zero-order chi connectivity index (χ0) is 10.7. The van der Waals surface area contributed by atoms with Gasteiger partial charge in [0.05, 0.1) is 0 Å². The molecule has 0 amide bonds. The van der Waals surface area contributed by atoms with Gasteiger partial charge in [0, 0.05) is 31.4 Å². The van der Waals surface area contributed by atoms with Gasteiger partial charge in [-0.2, -0.15) is 0 Å². The fourth-order valence-corrected chi connectivity index (χ4v) is 2.18. The standard InChI is InChI=1S/C13H20N2/c1-3-12-5-4-6-13(9-12)15-8-7-14-10-11(15)2/h4-6,9,11,14H,3,7-8,10H2,1-2H3/t11-/m1/s1. The monoisotopic (exact) mass is 204 g/mol. The summed E-state index contributed by atoms with van der Waals surface area (Å²) >= 11 is 0. The lowest BCUT2D eigenvalue weighted by Gasteiger charge is -2.36. The van der Waals surface area contributed by atoms with Gasteiger partial charge < -0.3 is 10.2 Å². The molecular formula is C13H20N2. The van der Waals surface area contributed by atoms with Gasteiger partial charge in [-0.05, 0) is 31.0 Å². The quantitative estimate of drug-likeness (QED) is 0.793. The summed E-state index contributed by atoms with van der Waals surface area (Å²) in [5, 5.41) is 3.42. The smallest absolute Gasteiger partial charge is 0.0386 e. The van der Waals surface area contributed by atoms with Crippen LogP contribution < -0.4 is 10.2 Å². The molecule has 1 saturated heterocycles. The van der Waals surface area contributed by atoms with Crippen LogP contribution >= 0.6 is 0 Å². The summed E-state index contributed by atoms with van der Waals surface area (Å²) in [5.74, 6) is 0. The van der Waals surface area contributed by atoms with Gasteiger partial charge in [0.25, 0.3) is 0 Å². The van der Waals surface area contributed by atoms with E-state index in [-0.39, 0.29) is 0 Å². The zero-order valence-corrected chi connectivity index (χ0v) is 9.66. The first kappa shape index (κ1) is 10.5. The van der Waals surface area contributed by atoms with Crippen molar-refractivity contribution in [1.82, 2.24) is 5.32 Å². The molecule has 1 aromatic carbocycles. The summed E-state index contributed by atoms with van der Waals surface area (Å²) in [7, 11) is 0. The van der Waals surface area contributed by atoms with Gasteiger partial charge in [0.2, 0.25) is 0 Å². The van der Waals surface area contributed by atoms with Crippen LogP contribution in [0.5, 0.6) is 0 Å². The maximum atomic E-state index is 3.42. The molecule has 0 saturated carbocycles. The lowest BCUT2D eigenvalue weighted by Crippen LogP contribution is -2.49. The number of hydrogen-bond acceptors (Lipinski definition) is 2. The van der Waals surface area contributed by atoms with E-state index in [1.54, 1.807) is 0 Å². The highest BCUT2D eigenvalue weighted by atomic mass is 15.2. The first-order valence-electron chi connectivity index (χ1n) is 5.87. The molecule has 2 nitrogen and oxygen atoms in total. The van der Waals surface area contributed by atoms with Crippen LogP contribution in [0.3, 0.4) is 0 Å². The Bertz CT molecular complexity index is 322. The van der Waals surface area contributed by atoms with Crippen LogP contribution in [0.15, 0.2) is 24.3 Å². The number of nitrogens with one attached hydrogen (secondary N) is 1. The predicted octanol–water partition coefficient (Wildman–Crippen LogP) is 2.05. The maximum absolute atomic E-state index is 3.42. The highest BCUT2D eigenvalue weighted by Gasteiger charge is 2.17. The van der Waals surface area contributed by atoms with Gasteiger partial charge in [-0.1, -0.05) is 19.1 Å². The molecule has 1 fully saturated rings. The fraction of sp³-hybridized carbons (Fsp3) is 0.538. The minimum atomic E-state index is 0.603. The first-order chi connectivity index (χ1) is 7.31. The van der Waals surface area contributed by atoms with Crippen molar-refractivity contribution in [1.29, 1.82) is 0 Å². The van der Waals surface area contributed by atoms with Gasteiger partial charge in [0.1, 0.15) is 0 Å². The Labute approximate surface area is 92.3 Å². The highest BCUT2D eigenvalue weighted by molar-refractivity contribution is 5.50. The second kappa shape index (κ2) is 4.67. The minimum Gasteiger partial charge on any atom is -0.366 e. The SMILES string of the molecule is CCc1cccc(N2CCNC[C@H]2C)c1. The third-order valence-electron chi connectivity index (χ3n) is 3.15. The van der Waals surface area contributed by atoms with Gasteiger partial charge >= 0.3 is 0 Å². The number of benzene rings is 1. The normalized spacial score (nSPS) is 21.7. The molecule has 2 rings (SSSR count). The Morgan fingerprint density at radius 2 is 2.33 bits per heavy atom. The Kier molecular flexibility index (Phi) is 3.27. The summed E-state index contributed by atoms with van der Waals surface area (Å²) in [6.07, 6.45) is 1.12. The van der Waals surface area contributed by atoms with Crippen molar-refractivity contribution in [3.63, 3.8) is 0 Å². The molecule has 2 heteroatoms. The summed E-state index contributed by atoms with van der Waals surface area (Å²) < 4.78 is 0. The summed E-state index contributed by atoms with van der Waals surface area (Å²) in [5.41, 5.74) is 2.81. The van der Waals surface area contributed by atoms with Gasteiger partial charge in [-0.3, -0.25) is 0 Å². The van der Waals surface area contributed by atoms with E-state index in [2.05, 4.69) is 48.3 Å². The van der Waals surface area contributed by atoms with Crippen molar-refractivity contribution in [3.8, 4) is 0 Å². The van der Waals surface area contributed by atoms with Gasteiger partial charge in [-0.25, -0.2) is 0 Å². The van der Waals surface area contributed by atoms with Crippen molar-refractivity contribution in [3.05, 3.63) is 29.8 Å². The second-order valence-corrected chi connectivity index (χ2v) is 4.27. The molecular weight excluding hydrogens is 184 g/mol. The van der Waals surface area contributed by atoms with Crippen molar-refractivity contribution in [2.45, 2.75) is 26.3 Å². The largest absolute Gasteiger partial charge is 0.366 e. The number of anilines is 1. The van der Waals surface area contributed by atoms with Crippen molar-refractivity contribution in [2.24, 2.45) is 0 Å². The Hall–Kier alpha value is -1.02. The molecule has 0 radical (unpaired) electrons. The average molecular weight is 204 g/mol. The Morgan fingerprint density at radius 3 is 3.07 bits per heavy atom. The average Bonchev–Trinajstić information content (AvgIpc) is 2.30. The van der Waals surface area contributed by atoms with Crippen LogP contribution in [-0.4, -0.2) is 25.7 Å². The third-order valence-corrected chi connectivity index (χ3v) is 3.15. The van der Waals surface area contributed by atoms with E-state index in [1.807, 2.05) is 0 Å². The van der Waals surface area contributed by atoms with E-state index in [4.69, 9.17) is 0 Å². The summed E-state index contributed by atoms with van der Waals surface area (Å²) in [6.45, 7) is 7.80. The van der Waals surface area contributed by atoms with E-state index in [0.29, 0.717) is 6.04 Å². The second-order valence-electron chi connectivity index (χ2n) is 4.27. The Morgan fingerprint density at radius 1 is 1.47 bits per heavy atom. The van der Waals surface area contributed by atoms with E-state index >= 15 is 0 Å². The third kappa shape index (κ3) is 2.32. The number of nitrogens with zero attached hydrogens (tertiary/aromatic N) is 1. The molecule has 0 aliphatic carbocycles. The van der Waals surface area contributed by atoms with Gasteiger partial charge in [-0.15, -0.1) is 0 Å². The minimum absolute atomic E-state index is 0.603. The number of piperazine rings is 1. The molecule has 1 aliphatic heterocycles. The lowest BCUT2D eigenvalue weighted by molar-refractivity contribution is 0.501. The van der Waals surface area contributed by atoms with Crippen molar-refractivity contribution < 1.29 is 0 Å². The molecule has 0 spiro atoms. The molecule has 1 atom stereocenters. The fourth-order valence-electron chi connectivity index (χ4n) is 2.18. The summed E-state index contributed by atoms with van der Waals surface area (Å²) in [6, 6.07) is 9.52. The first-order valence-corrected chi connectivity index (χ1v) is 5.87. The van der Waals surface area contributed by atoms with E-state index in [9.17, 15) is 0 Å². The van der Waals surface area contributed by atoms with E-state index in [1.165, 1.54) is 11.3 Å². The van der Waals surface area contributed by atoms with Crippen LogP contribution in [0.25, 0.3) is 0 Å². The van der Waals surface area contributed by atoms with Crippen LogP contribution in [0.4, 0.5) is 5.69 Å². The molecule has 1 aromatic rings. The molecule has 0 unspecified atom stereocenters. The molecule has 1 heterocycles. The summed E-state index contributed by atoms with van der Waals surface area (Å²) in [4.78, 5) is 2.50. The maximum Gasteiger partial charge on any atom is 0.0386 e. The molecule has 0 aromatic heterocycles. The van der Waals surface area contributed by atoms with Crippen LogP contribution in [0, 0.1) is 0 Å². The van der Waals surface area contributed by atoms with Crippen LogP contribution in [-0.2, 0) is 6.42 Å². The van der Waals surface area contributed by atoms with E-state index < -0.39 is 0 Å². The molecule has 1 N–H and O–H groups in total. The molecule has 1 aliphatic rings. The Balaban J connectivity index is 2.19. The molecule has 0 bridgehead atoms. The van der Waals surface area contributed by atoms with E-state index in [0.717, 1.165) is 26.1 Å². The molecule has 82 valence electrons. The molecule has 15 heavy (non-hydrogen) atoms. The number of hydrogen-bond donors (Lipinski definition) is 1. The van der Waals surface area contributed by atoms with Gasteiger partial charge in [0.15, 0.2) is 0 Å². The van der Waals surface area contributed by atoms with Crippen LogP contribution in [0.1, 0.15) is 19.4 Å². The highest BCUT2D eigenvalue weighted by Crippen LogP contribution is 2.19. The number of aryl methyl sites for hydroxylation is 1. The van der Waals surface area contributed by atoms with Crippen LogP contribution in [0.2, 0.25) is 0 Å². The zero-order valence-electron chi connectivity index (χ0n) is 9.66.